The molecule has 2 aromatic carbocycles. The Bertz CT molecular complexity index is 1300. The summed E-state index contributed by atoms with van der Waals surface area (Å²) in [6.07, 6.45) is 1.29. The van der Waals surface area contributed by atoms with Crippen LogP contribution in [0.3, 0.4) is 0 Å². The van der Waals surface area contributed by atoms with E-state index in [1.807, 2.05) is 0 Å². The maximum absolute atomic E-state index is 12.8. The molecule has 0 aliphatic carbocycles. The second-order valence-electron chi connectivity index (χ2n) is 6.58. The minimum absolute atomic E-state index is 0.114. The van der Waals surface area contributed by atoms with Crippen molar-refractivity contribution in [2.24, 2.45) is 0 Å². The average Bonchev–Trinajstić information content (AvgIpc) is 3.35. The van der Waals surface area contributed by atoms with Gasteiger partial charge in [0.05, 0.1) is 27.8 Å². The van der Waals surface area contributed by atoms with Crippen molar-refractivity contribution in [2.75, 3.05) is 12.1 Å². The fourth-order valence-electron chi connectivity index (χ4n) is 3.08. The van der Waals surface area contributed by atoms with E-state index in [2.05, 4.69) is 5.43 Å². The number of halogens is 2. The lowest BCUT2D eigenvalue weighted by atomic mass is 10.1. The number of carbonyl (C=O) groups is 2. The van der Waals surface area contributed by atoms with Gasteiger partial charge in [-0.05, 0) is 48.5 Å². The molecule has 0 saturated carbocycles. The molecular weight excluding hydrogens is 461 g/mol. The second-order valence-corrected chi connectivity index (χ2v) is 7.40. The van der Waals surface area contributed by atoms with E-state index >= 15 is 0 Å². The highest BCUT2D eigenvalue weighted by Crippen LogP contribution is 2.34. The highest BCUT2D eigenvalue weighted by atomic mass is 35.5. The number of nitro benzene ring substituents is 1. The highest BCUT2D eigenvalue weighted by Gasteiger charge is 2.35. The van der Waals surface area contributed by atoms with Crippen molar-refractivity contribution in [3.8, 4) is 17.1 Å². The fourth-order valence-corrected chi connectivity index (χ4v) is 3.37. The van der Waals surface area contributed by atoms with Crippen LogP contribution in [0.4, 0.5) is 11.4 Å². The molecule has 2 heterocycles. The number of hydrogen-bond acceptors (Lipinski definition) is 6. The summed E-state index contributed by atoms with van der Waals surface area (Å²) < 4.78 is 10.7. The number of rotatable bonds is 5. The van der Waals surface area contributed by atoms with E-state index < -0.39 is 16.7 Å². The van der Waals surface area contributed by atoms with E-state index in [1.54, 1.807) is 18.2 Å². The third kappa shape index (κ3) is 3.91. The zero-order valence-electron chi connectivity index (χ0n) is 16.3. The van der Waals surface area contributed by atoms with Crippen LogP contribution in [0.15, 0.2) is 58.5 Å². The monoisotopic (exact) mass is 473 g/mol. The molecule has 162 valence electrons. The minimum Gasteiger partial charge on any atom is -0.490 e. The van der Waals surface area contributed by atoms with Crippen LogP contribution in [0.1, 0.15) is 5.76 Å². The van der Waals surface area contributed by atoms with E-state index in [9.17, 15) is 19.7 Å². The van der Waals surface area contributed by atoms with Gasteiger partial charge in [-0.2, -0.15) is 0 Å². The lowest BCUT2D eigenvalue weighted by molar-refractivity contribution is -0.385. The van der Waals surface area contributed by atoms with Gasteiger partial charge in [-0.15, -0.1) is 0 Å². The van der Waals surface area contributed by atoms with Crippen LogP contribution in [0.25, 0.3) is 17.4 Å². The first kappa shape index (κ1) is 21.4. The molecule has 1 N–H and O–H groups in total. The number of hydrogen-bond donors (Lipinski definition) is 1. The molecule has 4 rings (SSSR count). The van der Waals surface area contributed by atoms with Gasteiger partial charge in [0, 0.05) is 11.6 Å². The van der Waals surface area contributed by atoms with Crippen LogP contribution in [-0.4, -0.2) is 23.8 Å². The zero-order valence-corrected chi connectivity index (χ0v) is 17.8. The van der Waals surface area contributed by atoms with Gasteiger partial charge in [0.15, 0.2) is 5.75 Å². The quantitative estimate of drug-likeness (QED) is 0.250. The molecule has 2 amide bonds. The van der Waals surface area contributed by atoms with Crippen molar-refractivity contribution in [3.63, 3.8) is 0 Å². The van der Waals surface area contributed by atoms with Crippen LogP contribution in [0, 0.1) is 10.1 Å². The van der Waals surface area contributed by atoms with Crippen LogP contribution >= 0.6 is 23.2 Å². The minimum atomic E-state index is -0.626. The van der Waals surface area contributed by atoms with Gasteiger partial charge >= 0.3 is 5.69 Å². The smallest absolute Gasteiger partial charge is 0.311 e. The molecule has 1 aliphatic rings. The summed E-state index contributed by atoms with van der Waals surface area (Å²) in [5, 5.41) is 12.8. The molecule has 0 unspecified atom stereocenters. The Kier molecular flexibility index (Phi) is 5.60. The van der Waals surface area contributed by atoms with Crippen molar-refractivity contribution in [1.29, 1.82) is 0 Å². The summed E-state index contributed by atoms with van der Waals surface area (Å²) in [4.78, 5) is 35.8. The van der Waals surface area contributed by atoms with E-state index in [0.29, 0.717) is 22.0 Å². The van der Waals surface area contributed by atoms with Crippen LogP contribution in [0.5, 0.6) is 5.75 Å². The maximum Gasteiger partial charge on any atom is 0.311 e. The first-order valence-corrected chi connectivity index (χ1v) is 9.79. The van der Waals surface area contributed by atoms with Crippen molar-refractivity contribution < 1.29 is 23.7 Å². The number of carbonyl (C=O) groups excluding carboxylic acids is 2. The van der Waals surface area contributed by atoms with E-state index in [1.165, 1.54) is 43.5 Å². The van der Waals surface area contributed by atoms with Gasteiger partial charge in [-0.1, -0.05) is 23.2 Å². The molecule has 0 atom stereocenters. The molecule has 11 heteroatoms. The number of furan rings is 1. The molecule has 0 radical (unpaired) electrons. The Morgan fingerprint density at radius 3 is 2.56 bits per heavy atom. The summed E-state index contributed by atoms with van der Waals surface area (Å²) >= 11 is 11.9. The van der Waals surface area contributed by atoms with E-state index in [0.717, 1.165) is 5.01 Å². The Hall–Kier alpha value is -3.82. The molecule has 0 bridgehead atoms. The number of methoxy groups -OCH3 is 1. The number of anilines is 1. The number of hydrazine groups is 1. The van der Waals surface area contributed by atoms with Gasteiger partial charge in [0.1, 0.15) is 17.1 Å². The number of nitrogens with zero attached hydrogens (tertiary/aromatic N) is 2. The molecular formula is C21H13Cl2N3O6. The Morgan fingerprint density at radius 1 is 1.09 bits per heavy atom. The van der Waals surface area contributed by atoms with Gasteiger partial charge < -0.3 is 9.15 Å². The van der Waals surface area contributed by atoms with Crippen molar-refractivity contribution in [1.82, 2.24) is 5.43 Å². The summed E-state index contributed by atoms with van der Waals surface area (Å²) in [5.41, 5.74) is 2.85. The van der Waals surface area contributed by atoms with Crippen molar-refractivity contribution in [2.45, 2.75) is 0 Å². The largest absolute Gasteiger partial charge is 0.490 e. The summed E-state index contributed by atoms with van der Waals surface area (Å²) in [6, 6.07) is 12.0. The number of nitro groups is 1. The fraction of sp³-hybridized carbons (Fsp3) is 0.0476. The Morgan fingerprint density at radius 2 is 1.88 bits per heavy atom. The molecule has 3 aromatic rings. The summed E-state index contributed by atoms with van der Waals surface area (Å²) in [7, 11) is 1.34. The number of ether oxygens (including phenoxy) is 1. The van der Waals surface area contributed by atoms with E-state index in [-0.39, 0.29) is 27.8 Å². The molecule has 1 fully saturated rings. The molecule has 1 saturated heterocycles. The lowest BCUT2D eigenvalue weighted by Crippen LogP contribution is -2.35. The number of benzene rings is 2. The predicted octanol–water partition coefficient (Wildman–Crippen LogP) is 4.63. The average molecular weight is 474 g/mol. The molecule has 0 spiro atoms. The maximum atomic E-state index is 12.8. The molecule has 1 aromatic heterocycles. The Balaban J connectivity index is 1.62. The highest BCUT2D eigenvalue weighted by molar-refractivity contribution is 6.42. The summed E-state index contributed by atoms with van der Waals surface area (Å²) in [5.74, 6) is -0.587. The lowest BCUT2D eigenvalue weighted by Gasteiger charge is -2.15. The standard InChI is InChI=1S/C21H13Cl2N3O6/c1-31-19-6-2-11(8-17(19)26(29)30)18-7-4-13(32-18)10-14-20(27)24-25(21(14)28)12-3-5-15(22)16(23)9-12/h2-10H,1H3,(H,24,27). The van der Waals surface area contributed by atoms with Crippen LogP contribution < -0.4 is 15.2 Å². The number of nitrogens with one attached hydrogen (secondary N) is 1. The van der Waals surface area contributed by atoms with Crippen LogP contribution in [0.2, 0.25) is 10.0 Å². The predicted molar refractivity (Wildman–Crippen MR) is 117 cm³/mol. The summed E-state index contributed by atoms with van der Waals surface area (Å²) in [6.45, 7) is 0. The molecule has 1 aliphatic heterocycles. The van der Waals surface area contributed by atoms with Crippen molar-refractivity contribution in [3.05, 3.63) is 80.0 Å². The van der Waals surface area contributed by atoms with Crippen LogP contribution in [-0.2, 0) is 9.59 Å². The van der Waals surface area contributed by atoms with Gasteiger partial charge in [0.25, 0.3) is 11.8 Å². The topological polar surface area (TPSA) is 115 Å². The van der Waals surface area contributed by atoms with Gasteiger partial charge in [-0.25, -0.2) is 5.01 Å². The first-order valence-electron chi connectivity index (χ1n) is 9.03. The normalized spacial score (nSPS) is 14.7. The van der Waals surface area contributed by atoms with Gasteiger partial charge in [-0.3, -0.25) is 25.1 Å². The molecule has 9 nitrogen and oxygen atoms in total. The first-order chi connectivity index (χ1) is 15.3. The number of amides is 2. The Labute approximate surface area is 190 Å². The van der Waals surface area contributed by atoms with Gasteiger partial charge in [0.2, 0.25) is 0 Å². The third-order valence-electron chi connectivity index (χ3n) is 4.63. The second kappa shape index (κ2) is 8.37. The zero-order chi connectivity index (χ0) is 23.0. The third-order valence-corrected chi connectivity index (χ3v) is 5.37. The molecule has 32 heavy (non-hydrogen) atoms. The van der Waals surface area contributed by atoms with Crippen molar-refractivity contribution >= 4 is 52.5 Å². The van der Waals surface area contributed by atoms with E-state index in [4.69, 9.17) is 32.4 Å². The SMILES string of the molecule is COc1ccc(-c2ccc(C=C3C(=O)NN(c4ccc(Cl)c(Cl)c4)C3=O)o2)cc1[N+](=O)[O-].